The summed E-state index contributed by atoms with van der Waals surface area (Å²) >= 11 is 7.51. The largest absolute Gasteiger partial charge is 0.325 e. The Morgan fingerprint density at radius 1 is 1.00 bits per heavy atom. The Labute approximate surface area is 195 Å². The summed E-state index contributed by atoms with van der Waals surface area (Å²) in [5.41, 5.74) is 7.17. The molecule has 2 heterocycles. The van der Waals surface area contributed by atoms with E-state index in [-0.39, 0.29) is 11.9 Å². The Hall–Kier alpha value is -3.29. The van der Waals surface area contributed by atoms with Gasteiger partial charge < -0.3 is 10.7 Å². The number of hydrogen-bond donors (Lipinski definition) is 2. The minimum Gasteiger partial charge on any atom is -0.325 e. The monoisotopic (exact) mass is 461 g/mol. The number of hydrogen-bond acceptors (Lipinski definition) is 5. The summed E-state index contributed by atoms with van der Waals surface area (Å²) in [5, 5.41) is 12.6. The van der Waals surface area contributed by atoms with Crippen molar-refractivity contribution < 1.29 is 4.79 Å². The van der Waals surface area contributed by atoms with E-state index in [9.17, 15) is 4.79 Å². The number of halogens is 1. The molecule has 0 bridgehead atoms. The molecule has 1 aromatic heterocycles. The second kappa shape index (κ2) is 8.68. The predicted octanol–water partition coefficient (Wildman–Crippen LogP) is 5.30. The molecule has 0 spiro atoms. The number of fused-ring (bicyclic) bond motifs is 1. The number of aromatic nitrogens is 3. The smallest absolute Gasteiger partial charge is 0.240 e. The number of aryl methyl sites for hydroxylation is 1. The van der Waals surface area contributed by atoms with E-state index >= 15 is 0 Å². The topological polar surface area (TPSA) is 71.8 Å². The molecule has 0 saturated carbocycles. The molecule has 160 valence electrons. The van der Waals surface area contributed by atoms with Crippen molar-refractivity contribution in [3.8, 4) is 11.4 Å². The van der Waals surface area contributed by atoms with Crippen LogP contribution in [0.2, 0.25) is 5.02 Å². The van der Waals surface area contributed by atoms with E-state index in [1.165, 1.54) is 11.8 Å². The van der Waals surface area contributed by atoms with E-state index in [1.807, 2.05) is 90.5 Å². The molecule has 0 saturated heterocycles. The van der Waals surface area contributed by atoms with Gasteiger partial charge in [-0.15, -0.1) is 10.2 Å². The van der Waals surface area contributed by atoms with Crippen LogP contribution in [0.25, 0.3) is 11.4 Å². The Morgan fingerprint density at radius 3 is 2.47 bits per heavy atom. The van der Waals surface area contributed by atoms with Gasteiger partial charge in [0.15, 0.2) is 5.82 Å². The zero-order chi connectivity index (χ0) is 22.1. The van der Waals surface area contributed by atoms with Crippen LogP contribution in [-0.4, -0.2) is 26.0 Å². The Kier molecular flexibility index (Phi) is 5.59. The third-order valence-corrected chi connectivity index (χ3v) is 6.83. The Morgan fingerprint density at radius 2 is 1.72 bits per heavy atom. The van der Waals surface area contributed by atoms with Crippen molar-refractivity contribution in [3.63, 3.8) is 0 Å². The van der Waals surface area contributed by atoms with E-state index in [0.29, 0.717) is 16.0 Å². The average molecular weight is 462 g/mol. The number of thioether (sulfide) groups is 1. The van der Waals surface area contributed by atoms with Crippen LogP contribution in [0.4, 0.5) is 5.69 Å². The molecular weight excluding hydrogens is 442 g/mol. The molecule has 0 radical (unpaired) electrons. The van der Waals surface area contributed by atoms with Gasteiger partial charge in [-0.25, -0.2) is 4.68 Å². The second-order valence-corrected chi connectivity index (χ2v) is 9.05. The van der Waals surface area contributed by atoms with Crippen molar-refractivity contribution in [1.29, 1.82) is 0 Å². The van der Waals surface area contributed by atoms with Crippen molar-refractivity contribution in [2.24, 2.45) is 0 Å². The fraction of sp³-hybridized carbons (Fsp3) is 0.125. The first kappa shape index (κ1) is 20.6. The highest BCUT2D eigenvalue weighted by Gasteiger charge is 2.38. The van der Waals surface area contributed by atoms with Gasteiger partial charge in [-0.05, 0) is 36.2 Å². The lowest BCUT2D eigenvalue weighted by Crippen LogP contribution is -2.41. The summed E-state index contributed by atoms with van der Waals surface area (Å²) < 4.78 is 1.86. The summed E-state index contributed by atoms with van der Waals surface area (Å²) in [4.78, 5) is 13.4. The Bertz CT molecular complexity index is 1260. The van der Waals surface area contributed by atoms with E-state index in [4.69, 9.17) is 11.6 Å². The van der Waals surface area contributed by atoms with Crippen LogP contribution < -0.4 is 10.7 Å². The molecule has 6 nitrogen and oxygen atoms in total. The number of carbonyl (C=O) groups is 1. The van der Waals surface area contributed by atoms with Crippen molar-refractivity contribution >= 4 is 35.0 Å². The summed E-state index contributed by atoms with van der Waals surface area (Å²) in [6.07, 6.45) is 0. The molecule has 2 N–H and O–H groups in total. The molecule has 5 rings (SSSR count). The highest BCUT2D eigenvalue weighted by Crippen LogP contribution is 2.39. The van der Waals surface area contributed by atoms with Crippen LogP contribution in [0, 0.1) is 6.92 Å². The van der Waals surface area contributed by atoms with Gasteiger partial charge in [0.1, 0.15) is 5.25 Å². The number of nitrogens with zero attached hydrogens (tertiary/aromatic N) is 3. The normalized spacial score (nSPS) is 17.3. The highest BCUT2D eigenvalue weighted by molar-refractivity contribution is 8.00. The van der Waals surface area contributed by atoms with Gasteiger partial charge >= 0.3 is 0 Å². The van der Waals surface area contributed by atoms with Crippen molar-refractivity contribution in [1.82, 2.24) is 14.9 Å². The van der Waals surface area contributed by atoms with Crippen LogP contribution in [0.1, 0.15) is 17.2 Å². The lowest BCUT2D eigenvalue weighted by Gasteiger charge is -2.33. The predicted molar refractivity (Wildman–Crippen MR) is 128 cm³/mol. The molecule has 3 aromatic carbocycles. The first-order valence-electron chi connectivity index (χ1n) is 10.2. The maximum Gasteiger partial charge on any atom is 0.240 e. The molecule has 32 heavy (non-hydrogen) atoms. The molecular formula is C24H20ClN5OS. The van der Waals surface area contributed by atoms with Gasteiger partial charge in [0.05, 0.1) is 6.04 Å². The van der Waals surface area contributed by atoms with Gasteiger partial charge in [-0.1, -0.05) is 84.0 Å². The number of benzene rings is 3. The van der Waals surface area contributed by atoms with Crippen LogP contribution >= 0.6 is 23.4 Å². The quantitative estimate of drug-likeness (QED) is 0.431. The van der Waals surface area contributed by atoms with Gasteiger partial charge in [0.2, 0.25) is 11.1 Å². The number of para-hydroxylation sites is 1. The molecule has 1 aliphatic heterocycles. The molecule has 1 amide bonds. The lowest BCUT2D eigenvalue weighted by molar-refractivity contribution is -0.116. The summed E-state index contributed by atoms with van der Waals surface area (Å²) in [6.45, 7) is 1.97. The SMILES string of the molecule is Cc1ccccc1NC(=O)[C@@H]1Sc2nnc(-c3ccccc3)n2N[C@@H]1c1ccc(Cl)cc1. The number of nitrogens with one attached hydrogen (secondary N) is 2. The minimum absolute atomic E-state index is 0.104. The van der Waals surface area contributed by atoms with Crippen molar-refractivity contribution in [3.05, 3.63) is 95.0 Å². The summed E-state index contributed by atoms with van der Waals surface area (Å²) in [6, 6.07) is 24.8. The fourth-order valence-electron chi connectivity index (χ4n) is 3.67. The van der Waals surface area contributed by atoms with E-state index in [1.54, 1.807) is 0 Å². The van der Waals surface area contributed by atoms with Gasteiger partial charge in [0.25, 0.3) is 0 Å². The van der Waals surface area contributed by atoms with Crippen LogP contribution in [-0.2, 0) is 4.79 Å². The molecule has 0 unspecified atom stereocenters. The molecule has 0 fully saturated rings. The maximum absolute atomic E-state index is 13.4. The lowest BCUT2D eigenvalue weighted by atomic mass is 10.0. The second-order valence-electron chi connectivity index (χ2n) is 7.51. The standard InChI is InChI=1S/C24H20ClN5OS/c1-15-7-5-6-10-19(15)26-23(31)21-20(16-11-13-18(25)14-12-16)29-30-22(27-28-24(30)32-21)17-8-3-2-4-9-17/h2-14,20-21,29H,1H3,(H,26,31)/t20-,21-/m1/s1. The van der Waals surface area contributed by atoms with E-state index < -0.39 is 5.25 Å². The molecule has 0 aliphatic carbocycles. The van der Waals surface area contributed by atoms with E-state index in [0.717, 1.165) is 22.4 Å². The Balaban J connectivity index is 1.52. The van der Waals surface area contributed by atoms with Gasteiger partial charge in [-0.2, -0.15) is 0 Å². The number of carbonyl (C=O) groups excluding carboxylic acids is 1. The summed E-state index contributed by atoms with van der Waals surface area (Å²) in [5.74, 6) is 0.595. The fourth-order valence-corrected chi connectivity index (χ4v) is 4.87. The first-order chi connectivity index (χ1) is 15.6. The number of amides is 1. The van der Waals surface area contributed by atoms with Crippen molar-refractivity contribution in [2.45, 2.75) is 23.4 Å². The molecule has 8 heteroatoms. The zero-order valence-corrected chi connectivity index (χ0v) is 18.8. The van der Waals surface area contributed by atoms with Gasteiger partial charge in [-0.3, -0.25) is 4.79 Å². The summed E-state index contributed by atoms with van der Waals surface area (Å²) in [7, 11) is 0. The molecule has 2 atom stereocenters. The average Bonchev–Trinajstić information content (AvgIpc) is 3.24. The van der Waals surface area contributed by atoms with Crippen LogP contribution in [0.15, 0.2) is 84.0 Å². The third kappa shape index (κ3) is 3.97. The molecule has 1 aliphatic rings. The first-order valence-corrected chi connectivity index (χ1v) is 11.4. The zero-order valence-electron chi connectivity index (χ0n) is 17.2. The third-order valence-electron chi connectivity index (χ3n) is 5.36. The maximum atomic E-state index is 13.4. The number of anilines is 1. The number of rotatable bonds is 4. The van der Waals surface area contributed by atoms with Crippen molar-refractivity contribution in [2.75, 3.05) is 10.7 Å². The minimum atomic E-state index is -0.462. The molecule has 4 aromatic rings. The van der Waals surface area contributed by atoms with Gasteiger partial charge in [0, 0.05) is 16.3 Å². The van der Waals surface area contributed by atoms with Crippen LogP contribution in [0.3, 0.4) is 0 Å². The van der Waals surface area contributed by atoms with Crippen LogP contribution in [0.5, 0.6) is 0 Å². The van der Waals surface area contributed by atoms with E-state index in [2.05, 4.69) is 20.9 Å². The highest BCUT2D eigenvalue weighted by atomic mass is 35.5.